The van der Waals surface area contributed by atoms with Gasteiger partial charge in [0.05, 0.1) is 35.3 Å². The van der Waals surface area contributed by atoms with Crippen molar-refractivity contribution in [3.8, 4) is 6.07 Å². The van der Waals surface area contributed by atoms with Crippen molar-refractivity contribution in [1.29, 1.82) is 5.26 Å². The second kappa shape index (κ2) is 10.8. The van der Waals surface area contributed by atoms with E-state index in [2.05, 4.69) is 15.7 Å². The van der Waals surface area contributed by atoms with Gasteiger partial charge in [-0.3, -0.25) is 0 Å². The van der Waals surface area contributed by atoms with E-state index < -0.39 is 34.8 Å². The highest BCUT2D eigenvalue weighted by molar-refractivity contribution is 7.91. The molecule has 6 N–H and O–H groups in total. The summed E-state index contributed by atoms with van der Waals surface area (Å²) in [6, 6.07) is 7.21. The minimum Gasteiger partial charge on any atom is -0.392 e. The minimum atomic E-state index is -3.78. The molecule has 0 saturated carbocycles. The van der Waals surface area contributed by atoms with E-state index in [0.717, 1.165) is 11.1 Å². The first kappa shape index (κ1) is 28.4. The smallest absolute Gasteiger partial charge is 0.354 e. The van der Waals surface area contributed by atoms with E-state index in [0.29, 0.717) is 11.3 Å². The Kier molecular flexibility index (Phi) is 8.81. The van der Waals surface area contributed by atoms with Gasteiger partial charge in [0.1, 0.15) is 9.92 Å². The zero-order valence-electron chi connectivity index (χ0n) is 20.9. The Morgan fingerprint density at radius 2 is 1.54 bits per heavy atom. The van der Waals surface area contributed by atoms with Crippen molar-refractivity contribution in [3.63, 3.8) is 0 Å². The normalized spacial score (nSPS) is 13.5. The monoisotopic (exact) mass is 502 g/mol. The van der Waals surface area contributed by atoms with Crippen LogP contribution in [0.25, 0.3) is 0 Å². The van der Waals surface area contributed by atoms with E-state index in [1.165, 1.54) is 26.0 Å². The number of nitrogens with one attached hydrogen (secondary N) is 1. The minimum absolute atomic E-state index is 0.0214. The molecule has 0 bridgehead atoms. The summed E-state index contributed by atoms with van der Waals surface area (Å²) in [5.41, 5.74) is 1.74. The molecule has 0 saturated heterocycles. The number of carbonyl (C=O) groups excluding carboxylic acids is 1. The molecule has 35 heavy (non-hydrogen) atoms. The van der Waals surface area contributed by atoms with E-state index in [9.17, 15) is 29.6 Å². The lowest BCUT2D eigenvalue weighted by atomic mass is 9.89. The number of amides is 2. The van der Waals surface area contributed by atoms with Crippen LogP contribution in [0, 0.1) is 11.3 Å². The Balaban J connectivity index is 2.62. The number of rotatable bonds is 7. The number of nitriles is 1. The van der Waals surface area contributed by atoms with Gasteiger partial charge in [0.25, 0.3) is 0 Å². The first-order chi connectivity index (χ1) is 16.2. The van der Waals surface area contributed by atoms with Crippen molar-refractivity contribution in [3.05, 3.63) is 57.6 Å². The molecule has 1 atom stereocenters. The van der Waals surface area contributed by atoms with Gasteiger partial charge in [0.15, 0.2) is 0 Å². The molecular weight excluding hydrogens is 468 g/mol. The van der Waals surface area contributed by atoms with Gasteiger partial charge >= 0.3 is 6.03 Å². The summed E-state index contributed by atoms with van der Waals surface area (Å²) in [7, 11) is -3.78. The number of benzene rings is 2. The highest BCUT2D eigenvalue weighted by atomic mass is 32.2. The number of urea groups is 1. The van der Waals surface area contributed by atoms with Crippen LogP contribution in [0.5, 0.6) is 0 Å². The van der Waals surface area contributed by atoms with Crippen molar-refractivity contribution >= 4 is 21.6 Å². The molecule has 0 radical (unpaired) electrons. The van der Waals surface area contributed by atoms with Crippen LogP contribution in [-0.4, -0.2) is 25.6 Å². The Labute approximate surface area is 206 Å². The highest BCUT2D eigenvalue weighted by Crippen LogP contribution is 2.34. The third kappa shape index (κ3) is 6.45. The molecule has 190 valence electrons. The standard InChI is InChI=1S/C25H34N4O5S/c1-14(2)20-7-16(11-26)8-21(15(3)4)23(20)28-24(32)29-35(27,34)19-9-17(12-30)22(25(5,6)33)18(10-19)13-31/h7-10,14-15,30-31,33H,12-13H2,1-6H3,(H3,27,28,29,32,34). The van der Waals surface area contributed by atoms with Crippen LogP contribution in [-0.2, 0) is 28.7 Å². The van der Waals surface area contributed by atoms with Crippen LogP contribution in [0.2, 0.25) is 0 Å². The lowest BCUT2D eigenvalue weighted by molar-refractivity contribution is 0.0731. The van der Waals surface area contributed by atoms with Crippen LogP contribution >= 0.6 is 0 Å². The maximum absolute atomic E-state index is 13.3. The summed E-state index contributed by atoms with van der Waals surface area (Å²) < 4.78 is 17.0. The second-order valence-corrected chi connectivity index (χ2v) is 11.3. The van der Waals surface area contributed by atoms with Gasteiger partial charge in [0, 0.05) is 5.69 Å². The van der Waals surface area contributed by atoms with Crippen LogP contribution in [0.3, 0.4) is 0 Å². The van der Waals surface area contributed by atoms with Crippen molar-refractivity contribution in [2.45, 2.75) is 77.1 Å². The van der Waals surface area contributed by atoms with Gasteiger partial charge < -0.3 is 20.6 Å². The van der Waals surface area contributed by atoms with Gasteiger partial charge in [0.2, 0.25) is 0 Å². The third-order valence-corrected chi connectivity index (χ3v) is 6.94. The summed E-state index contributed by atoms with van der Waals surface area (Å²) in [5, 5.41) is 48.2. The molecule has 0 aliphatic rings. The Hall–Kier alpha value is -2.81. The molecular formula is C25H34N4O5S. The molecule has 2 amide bonds. The maximum atomic E-state index is 13.3. The predicted molar refractivity (Wildman–Crippen MR) is 135 cm³/mol. The molecule has 2 rings (SSSR count). The molecule has 1 unspecified atom stereocenters. The molecule has 2 aromatic rings. The second-order valence-electron chi connectivity index (χ2n) is 9.53. The lowest BCUT2D eigenvalue weighted by Gasteiger charge is -2.25. The van der Waals surface area contributed by atoms with Crippen molar-refractivity contribution in [2.75, 3.05) is 5.32 Å². The van der Waals surface area contributed by atoms with E-state index in [-0.39, 0.29) is 33.4 Å². The van der Waals surface area contributed by atoms with Crippen LogP contribution in [0.15, 0.2) is 33.5 Å². The summed E-state index contributed by atoms with van der Waals surface area (Å²) in [4.78, 5) is 12.8. The molecule has 0 aromatic heterocycles. The van der Waals surface area contributed by atoms with Gasteiger partial charge in [-0.15, -0.1) is 4.36 Å². The number of hydrogen-bond donors (Lipinski definition) is 5. The molecule has 9 nitrogen and oxygen atoms in total. The first-order valence-electron chi connectivity index (χ1n) is 11.2. The van der Waals surface area contributed by atoms with Crippen molar-refractivity contribution in [2.24, 2.45) is 9.50 Å². The lowest BCUT2D eigenvalue weighted by Crippen LogP contribution is -2.23. The summed E-state index contributed by atoms with van der Waals surface area (Å²) in [6.07, 6.45) is 0. The summed E-state index contributed by atoms with van der Waals surface area (Å²) >= 11 is 0. The largest absolute Gasteiger partial charge is 0.392 e. The Morgan fingerprint density at radius 1 is 1.09 bits per heavy atom. The molecule has 0 heterocycles. The fourth-order valence-electron chi connectivity index (χ4n) is 4.05. The SMILES string of the molecule is CC(C)c1cc(C#N)cc(C(C)C)c1NC(=O)N=S(N)(=O)c1cc(CO)c(C(C)(C)O)c(CO)c1. The van der Waals surface area contributed by atoms with Gasteiger partial charge in [-0.25, -0.2) is 14.1 Å². The number of aliphatic hydroxyl groups is 3. The number of anilines is 1. The maximum Gasteiger partial charge on any atom is 0.354 e. The van der Waals surface area contributed by atoms with E-state index in [1.54, 1.807) is 12.1 Å². The van der Waals surface area contributed by atoms with Crippen molar-refractivity contribution < 1.29 is 24.3 Å². The highest BCUT2D eigenvalue weighted by Gasteiger charge is 2.26. The molecule has 0 aliphatic carbocycles. The van der Waals surface area contributed by atoms with Crippen molar-refractivity contribution in [1.82, 2.24) is 0 Å². The van der Waals surface area contributed by atoms with Gasteiger partial charge in [-0.1, -0.05) is 27.7 Å². The van der Waals surface area contributed by atoms with E-state index in [1.807, 2.05) is 27.7 Å². The molecule has 2 aromatic carbocycles. The summed E-state index contributed by atoms with van der Waals surface area (Å²) in [6.45, 7) is 9.67. The fraction of sp³-hybridized carbons (Fsp3) is 0.440. The first-order valence-corrected chi connectivity index (χ1v) is 12.8. The van der Waals surface area contributed by atoms with Crippen LogP contribution in [0.4, 0.5) is 10.5 Å². The summed E-state index contributed by atoms with van der Waals surface area (Å²) in [5.74, 6) is -0.0427. The van der Waals surface area contributed by atoms with E-state index in [4.69, 9.17) is 5.14 Å². The van der Waals surface area contributed by atoms with E-state index >= 15 is 0 Å². The van der Waals surface area contributed by atoms with Crippen LogP contribution < -0.4 is 10.5 Å². The Bertz CT molecular complexity index is 1230. The van der Waals surface area contributed by atoms with Crippen LogP contribution in [0.1, 0.15) is 86.8 Å². The molecule has 0 aliphatic heterocycles. The molecule has 0 fully saturated rings. The quantitative estimate of drug-likeness (QED) is 0.384. The molecule has 0 spiro atoms. The van der Waals surface area contributed by atoms with Gasteiger partial charge in [-0.05, 0) is 77.8 Å². The average molecular weight is 503 g/mol. The fourth-order valence-corrected chi connectivity index (χ4v) is 5.07. The Morgan fingerprint density at radius 3 is 1.89 bits per heavy atom. The zero-order chi connectivity index (χ0) is 26.7. The number of carbonyl (C=O) groups is 1. The average Bonchev–Trinajstić information content (AvgIpc) is 2.76. The zero-order valence-corrected chi connectivity index (χ0v) is 21.7. The number of nitrogens with two attached hydrogens (primary N) is 1. The number of hydrogen-bond acceptors (Lipinski definition) is 6. The number of nitrogens with zero attached hydrogens (tertiary/aromatic N) is 2. The predicted octanol–water partition coefficient (Wildman–Crippen LogP) is 3.95. The number of aliphatic hydroxyl groups excluding tert-OH is 2. The topological polar surface area (TPSA) is 169 Å². The van der Waals surface area contributed by atoms with Gasteiger partial charge in [-0.2, -0.15) is 5.26 Å². The molecule has 10 heteroatoms. The third-order valence-electron chi connectivity index (χ3n) is 5.59.